The van der Waals surface area contributed by atoms with Crippen LogP contribution in [0, 0.1) is 10.5 Å². The minimum absolute atomic E-state index is 0.289. The number of benzene rings is 3. The molecular weight excluding hydrogens is 552 g/mol. The highest BCUT2D eigenvalue weighted by molar-refractivity contribution is 14.1. The Bertz CT molecular complexity index is 1100. The van der Waals surface area contributed by atoms with E-state index in [9.17, 15) is 14.4 Å². The van der Waals surface area contributed by atoms with Gasteiger partial charge in [0.25, 0.3) is 11.8 Å². The Morgan fingerprint density at radius 2 is 1.29 bits per heavy atom. The van der Waals surface area contributed by atoms with Crippen molar-refractivity contribution >= 4 is 69.3 Å². The van der Waals surface area contributed by atoms with Gasteiger partial charge >= 0.3 is 5.97 Å². The molecule has 0 atom stereocenters. The van der Waals surface area contributed by atoms with Crippen LogP contribution in [0.3, 0.4) is 0 Å². The molecule has 0 spiro atoms. The second-order valence-corrected chi connectivity index (χ2v) is 8.60. The van der Waals surface area contributed by atoms with E-state index in [1.165, 1.54) is 7.11 Å². The minimum Gasteiger partial charge on any atom is -0.465 e. The molecule has 0 N–H and O–H groups in total. The largest absolute Gasteiger partial charge is 0.465 e. The monoisotopic (exact) mass is 567 g/mol. The van der Waals surface area contributed by atoms with Gasteiger partial charge in [0, 0.05) is 24.7 Å². The smallest absolute Gasteiger partial charge is 0.338 e. The molecule has 2 amide bonds. The molecule has 0 radical (unpaired) electrons. The van der Waals surface area contributed by atoms with Gasteiger partial charge in [0.1, 0.15) is 0 Å². The third kappa shape index (κ3) is 5.08. The van der Waals surface area contributed by atoms with Crippen LogP contribution in [0.25, 0.3) is 0 Å². The minimum atomic E-state index is -0.528. The Hall–Kier alpha value is -2.42. The molecule has 0 unspecified atom stereocenters. The zero-order chi connectivity index (χ0) is 22.7. The maximum absolute atomic E-state index is 13.4. The van der Waals surface area contributed by atoms with Crippen molar-refractivity contribution in [2.75, 3.05) is 12.0 Å². The lowest BCUT2D eigenvalue weighted by atomic mass is 10.1. The van der Waals surface area contributed by atoms with Crippen molar-refractivity contribution in [1.82, 2.24) is 0 Å². The molecule has 0 saturated carbocycles. The summed E-state index contributed by atoms with van der Waals surface area (Å²) in [5.74, 6) is -1.55. The van der Waals surface area contributed by atoms with Gasteiger partial charge in [0.05, 0.1) is 18.4 Å². The summed E-state index contributed by atoms with van der Waals surface area (Å²) < 4.78 is 5.35. The third-order valence-electron chi connectivity index (χ3n) is 4.53. The maximum atomic E-state index is 13.4. The van der Waals surface area contributed by atoms with Crippen molar-refractivity contribution in [3.63, 3.8) is 0 Å². The lowest BCUT2D eigenvalue weighted by molar-refractivity contribution is 0.0599. The summed E-state index contributed by atoms with van der Waals surface area (Å²) >= 11 is 13.9. The van der Waals surface area contributed by atoms with E-state index in [2.05, 4.69) is 0 Å². The molecule has 5 nitrogen and oxygen atoms in total. The Balaban J connectivity index is 2.16. The van der Waals surface area contributed by atoms with Gasteiger partial charge in [0.2, 0.25) is 0 Å². The predicted octanol–water partition coefficient (Wildman–Crippen LogP) is 6.18. The van der Waals surface area contributed by atoms with Crippen molar-refractivity contribution in [3.8, 4) is 0 Å². The zero-order valence-corrected chi connectivity index (χ0v) is 20.2. The molecule has 0 saturated heterocycles. The summed E-state index contributed by atoms with van der Waals surface area (Å²) in [5.41, 5.74) is 1.86. The number of halogens is 3. The Labute approximate surface area is 203 Å². The molecular formula is C23H16Cl2INO4. The highest BCUT2D eigenvalue weighted by Gasteiger charge is 2.29. The number of imide groups is 1. The summed E-state index contributed by atoms with van der Waals surface area (Å²) in [6, 6.07) is 15.7. The van der Waals surface area contributed by atoms with Crippen LogP contribution in [0.5, 0.6) is 0 Å². The topological polar surface area (TPSA) is 63.7 Å². The molecule has 8 heteroatoms. The number of hydrogen-bond acceptors (Lipinski definition) is 4. The second-order valence-electron chi connectivity index (χ2n) is 6.57. The van der Waals surface area contributed by atoms with E-state index in [1.807, 2.05) is 22.6 Å². The number of methoxy groups -OCH3 is 1. The fourth-order valence-electron chi connectivity index (χ4n) is 2.92. The van der Waals surface area contributed by atoms with Crippen molar-refractivity contribution in [2.24, 2.45) is 0 Å². The zero-order valence-electron chi connectivity index (χ0n) is 16.5. The van der Waals surface area contributed by atoms with Crippen molar-refractivity contribution < 1.29 is 19.1 Å². The molecule has 0 aliphatic heterocycles. The van der Waals surface area contributed by atoms with Crippen LogP contribution < -0.4 is 4.90 Å². The maximum Gasteiger partial charge on any atom is 0.338 e. The van der Waals surface area contributed by atoms with Gasteiger partial charge in [-0.15, -0.1) is 0 Å². The average molecular weight is 568 g/mol. The number of hydrogen-bond donors (Lipinski definition) is 0. The average Bonchev–Trinajstić information content (AvgIpc) is 2.76. The first kappa shape index (κ1) is 23.2. The molecule has 0 heterocycles. The molecule has 0 bridgehead atoms. The highest BCUT2D eigenvalue weighted by atomic mass is 127. The van der Waals surface area contributed by atoms with Crippen LogP contribution in [-0.4, -0.2) is 24.9 Å². The SMILES string of the molecule is COC(=O)c1cc(I)c(N(C(=O)c2ccc(Cl)cc2)C(=O)c2ccc(Cl)cc2)cc1C. The van der Waals surface area contributed by atoms with Crippen molar-refractivity contribution in [3.05, 3.63) is 96.5 Å². The summed E-state index contributed by atoms with van der Waals surface area (Å²) in [6.45, 7) is 1.71. The molecule has 3 rings (SSSR count). The first-order valence-electron chi connectivity index (χ1n) is 9.01. The molecule has 0 aliphatic rings. The summed E-state index contributed by atoms with van der Waals surface area (Å²) in [4.78, 5) is 40.0. The highest BCUT2D eigenvalue weighted by Crippen LogP contribution is 2.30. The summed E-state index contributed by atoms with van der Waals surface area (Å²) in [6.07, 6.45) is 0. The van der Waals surface area contributed by atoms with Crippen molar-refractivity contribution in [1.29, 1.82) is 0 Å². The predicted molar refractivity (Wildman–Crippen MR) is 129 cm³/mol. The van der Waals surface area contributed by atoms with Crippen LogP contribution >= 0.6 is 45.8 Å². The van der Waals surface area contributed by atoms with Gasteiger partial charge in [-0.3, -0.25) is 9.59 Å². The Morgan fingerprint density at radius 3 is 1.71 bits per heavy atom. The molecule has 0 aromatic heterocycles. The summed E-state index contributed by atoms with van der Waals surface area (Å²) in [5, 5.41) is 0.944. The van der Waals surface area contributed by atoms with E-state index >= 15 is 0 Å². The fourth-order valence-corrected chi connectivity index (χ4v) is 3.88. The first-order valence-corrected chi connectivity index (χ1v) is 10.8. The Morgan fingerprint density at radius 1 is 0.839 bits per heavy atom. The van der Waals surface area contributed by atoms with E-state index in [4.69, 9.17) is 27.9 Å². The van der Waals surface area contributed by atoms with E-state index in [0.717, 1.165) is 4.90 Å². The number of anilines is 1. The summed E-state index contributed by atoms with van der Waals surface area (Å²) in [7, 11) is 1.29. The van der Waals surface area contributed by atoms with Gasteiger partial charge in [-0.05, 0) is 95.7 Å². The van der Waals surface area contributed by atoms with Crippen LogP contribution in [0.2, 0.25) is 10.0 Å². The fraction of sp³-hybridized carbons (Fsp3) is 0.0870. The van der Waals surface area contributed by atoms with Gasteiger partial charge in [-0.2, -0.15) is 0 Å². The normalized spacial score (nSPS) is 10.5. The number of carbonyl (C=O) groups excluding carboxylic acids is 3. The third-order valence-corrected chi connectivity index (χ3v) is 5.90. The number of rotatable bonds is 4. The van der Waals surface area contributed by atoms with E-state index in [0.29, 0.717) is 30.4 Å². The van der Waals surface area contributed by atoms with Crippen LogP contribution in [0.1, 0.15) is 36.6 Å². The number of amides is 2. The van der Waals surface area contributed by atoms with Gasteiger partial charge in [-0.25, -0.2) is 9.69 Å². The number of aryl methyl sites for hydroxylation is 1. The molecule has 0 aliphatic carbocycles. The molecule has 3 aromatic rings. The van der Waals surface area contributed by atoms with Crippen LogP contribution in [0.15, 0.2) is 60.7 Å². The number of ether oxygens (including phenoxy) is 1. The molecule has 3 aromatic carbocycles. The second kappa shape index (κ2) is 9.80. The van der Waals surface area contributed by atoms with E-state index < -0.39 is 17.8 Å². The molecule has 31 heavy (non-hydrogen) atoms. The molecule has 158 valence electrons. The lowest BCUT2D eigenvalue weighted by Crippen LogP contribution is -2.37. The van der Waals surface area contributed by atoms with Gasteiger partial charge in [-0.1, -0.05) is 23.2 Å². The first-order chi connectivity index (χ1) is 14.7. The van der Waals surface area contributed by atoms with Crippen LogP contribution in [0.4, 0.5) is 5.69 Å². The van der Waals surface area contributed by atoms with Gasteiger partial charge < -0.3 is 4.74 Å². The number of carbonyl (C=O) groups is 3. The Kier molecular flexibility index (Phi) is 7.35. The van der Waals surface area contributed by atoms with E-state index in [1.54, 1.807) is 67.6 Å². The number of nitrogens with zero attached hydrogens (tertiary/aromatic N) is 1. The quantitative estimate of drug-likeness (QED) is 0.214. The van der Waals surface area contributed by atoms with Crippen LogP contribution in [-0.2, 0) is 4.74 Å². The van der Waals surface area contributed by atoms with Gasteiger partial charge in [0.15, 0.2) is 0 Å². The lowest BCUT2D eigenvalue weighted by Gasteiger charge is -2.24. The van der Waals surface area contributed by atoms with E-state index in [-0.39, 0.29) is 11.1 Å². The number of esters is 1. The molecule has 0 fully saturated rings. The van der Waals surface area contributed by atoms with Crippen molar-refractivity contribution in [2.45, 2.75) is 6.92 Å². The standard InChI is InChI=1S/C23H16Cl2INO4/c1-13-11-20(19(26)12-18(13)23(30)31-2)27(21(28)14-3-7-16(24)8-4-14)22(29)15-5-9-17(25)10-6-15/h3-12H,1-2H3.